The van der Waals surface area contributed by atoms with Crippen molar-refractivity contribution in [3.63, 3.8) is 0 Å². The van der Waals surface area contributed by atoms with Crippen LogP contribution in [0.1, 0.15) is 45.4 Å². The molecule has 1 unspecified atom stereocenters. The van der Waals surface area contributed by atoms with Crippen LogP contribution in [-0.2, 0) is 13.5 Å². The molecule has 0 saturated carbocycles. The molecule has 0 aliphatic carbocycles. The second-order valence-electron chi connectivity index (χ2n) is 6.24. The first-order valence-electron chi connectivity index (χ1n) is 7.22. The molecular formula is C15H28ClN3. The molecule has 1 rings (SSSR count). The van der Waals surface area contributed by atoms with Gasteiger partial charge < -0.3 is 5.32 Å². The van der Waals surface area contributed by atoms with Crippen molar-refractivity contribution in [1.29, 1.82) is 0 Å². The van der Waals surface area contributed by atoms with E-state index in [0.29, 0.717) is 17.9 Å². The van der Waals surface area contributed by atoms with Crippen LogP contribution in [0, 0.1) is 18.8 Å². The third kappa shape index (κ3) is 5.15. The van der Waals surface area contributed by atoms with Gasteiger partial charge in [0, 0.05) is 18.7 Å². The van der Waals surface area contributed by atoms with Crippen molar-refractivity contribution in [2.75, 3.05) is 6.54 Å². The minimum absolute atomic E-state index is 0.528. The molecule has 19 heavy (non-hydrogen) atoms. The largest absolute Gasteiger partial charge is 0.314 e. The van der Waals surface area contributed by atoms with E-state index in [1.807, 2.05) is 14.0 Å². The Bertz CT molecular complexity index is 396. The van der Waals surface area contributed by atoms with Crippen LogP contribution in [0.2, 0.25) is 5.15 Å². The van der Waals surface area contributed by atoms with Crippen LogP contribution in [0.4, 0.5) is 0 Å². The first-order chi connectivity index (χ1) is 8.81. The molecule has 110 valence electrons. The summed E-state index contributed by atoms with van der Waals surface area (Å²) in [5.74, 6) is 1.32. The zero-order chi connectivity index (χ0) is 14.6. The summed E-state index contributed by atoms with van der Waals surface area (Å²) in [7, 11) is 1.91. The quantitative estimate of drug-likeness (QED) is 0.830. The van der Waals surface area contributed by atoms with Crippen molar-refractivity contribution in [2.24, 2.45) is 18.9 Å². The number of halogens is 1. The smallest absolute Gasteiger partial charge is 0.130 e. The standard InChI is InChI=1S/C15H28ClN3/c1-10(2)7-13(9-17-11(3)4)8-14-12(5)18-19(6)15(14)16/h10-11,13,17H,7-9H2,1-6H3. The Morgan fingerprint density at radius 3 is 2.32 bits per heavy atom. The first-order valence-corrected chi connectivity index (χ1v) is 7.60. The molecule has 0 bridgehead atoms. The minimum Gasteiger partial charge on any atom is -0.314 e. The van der Waals surface area contributed by atoms with E-state index in [0.717, 1.165) is 23.8 Å². The molecule has 1 aromatic heterocycles. The molecule has 3 nitrogen and oxygen atoms in total. The maximum Gasteiger partial charge on any atom is 0.130 e. The predicted molar refractivity (Wildman–Crippen MR) is 82.7 cm³/mol. The summed E-state index contributed by atoms with van der Waals surface area (Å²) < 4.78 is 1.77. The van der Waals surface area contributed by atoms with Gasteiger partial charge in [-0.1, -0.05) is 39.3 Å². The Kier molecular flexibility index (Phi) is 6.34. The molecule has 1 heterocycles. The van der Waals surface area contributed by atoms with Crippen LogP contribution in [0.25, 0.3) is 0 Å². The van der Waals surface area contributed by atoms with Gasteiger partial charge in [-0.05, 0) is 38.1 Å². The van der Waals surface area contributed by atoms with Crippen molar-refractivity contribution in [2.45, 2.75) is 53.5 Å². The highest BCUT2D eigenvalue weighted by Gasteiger charge is 2.18. The summed E-state index contributed by atoms with van der Waals surface area (Å²) in [5.41, 5.74) is 2.27. The monoisotopic (exact) mass is 285 g/mol. The molecule has 0 radical (unpaired) electrons. The maximum atomic E-state index is 6.34. The van der Waals surface area contributed by atoms with Crippen LogP contribution in [-0.4, -0.2) is 22.4 Å². The van der Waals surface area contributed by atoms with Gasteiger partial charge in [-0.15, -0.1) is 0 Å². The van der Waals surface area contributed by atoms with E-state index in [1.165, 1.54) is 12.0 Å². The van der Waals surface area contributed by atoms with Crippen molar-refractivity contribution in [1.82, 2.24) is 15.1 Å². The van der Waals surface area contributed by atoms with Gasteiger partial charge in [-0.25, -0.2) is 0 Å². The molecule has 0 fully saturated rings. The lowest BCUT2D eigenvalue weighted by Crippen LogP contribution is -2.30. The molecule has 4 heteroatoms. The molecule has 0 aliphatic heterocycles. The first kappa shape index (κ1) is 16.5. The van der Waals surface area contributed by atoms with E-state index < -0.39 is 0 Å². The molecule has 0 saturated heterocycles. The molecule has 0 spiro atoms. The summed E-state index contributed by atoms with van der Waals surface area (Å²) in [4.78, 5) is 0. The van der Waals surface area contributed by atoms with Crippen molar-refractivity contribution >= 4 is 11.6 Å². The minimum atomic E-state index is 0.528. The van der Waals surface area contributed by atoms with Gasteiger partial charge in [-0.2, -0.15) is 5.10 Å². The van der Waals surface area contributed by atoms with Gasteiger partial charge in [0.05, 0.1) is 5.69 Å². The van der Waals surface area contributed by atoms with Gasteiger partial charge in [0.2, 0.25) is 0 Å². The van der Waals surface area contributed by atoms with Gasteiger partial charge in [0.15, 0.2) is 0 Å². The maximum absolute atomic E-state index is 6.34. The van der Waals surface area contributed by atoms with Crippen LogP contribution < -0.4 is 5.32 Å². The fraction of sp³-hybridized carbons (Fsp3) is 0.800. The van der Waals surface area contributed by atoms with Crippen LogP contribution in [0.5, 0.6) is 0 Å². The van der Waals surface area contributed by atoms with E-state index >= 15 is 0 Å². The Morgan fingerprint density at radius 1 is 1.26 bits per heavy atom. The third-order valence-corrected chi connectivity index (χ3v) is 3.85. The average molecular weight is 286 g/mol. The lowest BCUT2D eigenvalue weighted by atomic mass is 9.91. The number of aryl methyl sites for hydroxylation is 2. The molecule has 0 aromatic carbocycles. The van der Waals surface area contributed by atoms with Gasteiger partial charge in [0.25, 0.3) is 0 Å². The average Bonchev–Trinajstić information content (AvgIpc) is 2.52. The number of nitrogens with one attached hydrogen (secondary N) is 1. The fourth-order valence-electron chi connectivity index (χ4n) is 2.50. The highest BCUT2D eigenvalue weighted by Crippen LogP contribution is 2.24. The van der Waals surface area contributed by atoms with E-state index in [9.17, 15) is 0 Å². The normalized spacial score (nSPS) is 13.5. The van der Waals surface area contributed by atoms with Crippen LogP contribution in [0.3, 0.4) is 0 Å². The zero-order valence-corrected chi connectivity index (χ0v) is 13.9. The lowest BCUT2D eigenvalue weighted by molar-refractivity contribution is 0.372. The molecule has 1 N–H and O–H groups in total. The van der Waals surface area contributed by atoms with Gasteiger partial charge in [0.1, 0.15) is 5.15 Å². The summed E-state index contributed by atoms with van der Waals surface area (Å²) in [6, 6.07) is 0.528. The number of rotatable bonds is 7. The Balaban J connectivity index is 2.75. The third-order valence-electron chi connectivity index (χ3n) is 3.38. The fourth-order valence-corrected chi connectivity index (χ4v) is 2.75. The Hall–Kier alpha value is -0.540. The Morgan fingerprint density at radius 2 is 1.89 bits per heavy atom. The highest BCUT2D eigenvalue weighted by molar-refractivity contribution is 6.30. The lowest BCUT2D eigenvalue weighted by Gasteiger charge is -2.21. The topological polar surface area (TPSA) is 29.9 Å². The van der Waals surface area contributed by atoms with Crippen molar-refractivity contribution in [3.8, 4) is 0 Å². The SMILES string of the molecule is Cc1nn(C)c(Cl)c1CC(CNC(C)C)CC(C)C. The summed E-state index contributed by atoms with van der Waals surface area (Å²) >= 11 is 6.34. The van der Waals surface area contributed by atoms with Crippen molar-refractivity contribution < 1.29 is 0 Å². The number of nitrogens with zero attached hydrogens (tertiary/aromatic N) is 2. The van der Waals surface area contributed by atoms with E-state index in [4.69, 9.17) is 11.6 Å². The summed E-state index contributed by atoms with van der Waals surface area (Å²) in [6.07, 6.45) is 2.22. The second kappa shape index (κ2) is 7.30. The van der Waals surface area contributed by atoms with Gasteiger partial charge in [-0.3, -0.25) is 4.68 Å². The number of aromatic nitrogens is 2. The van der Waals surface area contributed by atoms with E-state index in [-0.39, 0.29) is 0 Å². The molecule has 0 aliphatic rings. The summed E-state index contributed by atoms with van der Waals surface area (Å²) in [5, 5.41) is 8.74. The molecule has 0 amide bonds. The zero-order valence-electron chi connectivity index (χ0n) is 13.1. The number of hydrogen-bond acceptors (Lipinski definition) is 2. The Labute approximate surface area is 122 Å². The van der Waals surface area contributed by atoms with Crippen LogP contribution in [0.15, 0.2) is 0 Å². The molecular weight excluding hydrogens is 258 g/mol. The van der Waals surface area contributed by atoms with E-state index in [2.05, 4.69) is 38.1 Å². The molecule has 1 atom stereocenters. The number of hydrogen-bond donors (Lipinski definition) is 1. The van der Waals surface area contributed by atoms with E-state index in [1.54, 1.807) is 4.68 Å². The highest BCUT2D eigenvalue weighted by atomic mass is 35.5. The van der Waals surface area contributed by atoms with Crippen LogP contribution >= 0.6 is 11.6 Å². The molecule has 1 aromatic rings. The summed E-state index contributed by atoms with van der Waals surface area (Å²) in [6.45, 7) is 12.0. The second-order valence-corrected chi connectivity index (χ2v) is 6.60. The predicted octanol–water partition coefficient (Wildman–Crippen LogP) is 3.58. The van der Waals surface area contributed by atoms with Gasteiger partial charge >= 0.3 is 0 Å². The van der Waals surface area contributed by atoms with Crippen molar-refractivity contribution in [3.05, 3.63) is 16.4 Å².